The average molecular weight is 433 g/mol. The number of piperidine rings is 1. The molecule has 0 bridgehead atoms. The third-order valence-corrected chi connectivity index (χ3v) is 6.95. The Balaban J connectivity index is 1.44. The summed E-state index contributed by atoms with van der Waals surface area (Å²) in [7, 11) is 1.31. The molecular formula is C24H33FN2O4. The zero-order valence-electron chi connectivity index (χ0n) is 19.0. The molecule has 31 heavy (non-hydrogen) atoms. The van der Waals surface area contributed by atoms with E-state index >= 15 is 0 Å². The molecule has 0 aromatic heterocycles. The fourth-order valence-corrected chi connectivity index (χ4v) is 5.39. The fourth-order valence-electron chi connectivity index (χ4n) is 5.39. The molecule has 4 rings (SSSR count). The molecule has 1 aromatic carbocycles. The largest absolute Gasteiger partial charge is 0.465 e. The van der Waals surface area contributed by atoms with E-state index in [4.69, 9.17) is 9.47 Å². The molecule has 1 aliphatic carbocycles. The van der Waals surface area contributed by atoms with Crippen LogP contribution in [0.1, 0.15) is 74.4 Å². The SMILES string of the molecule is COC(=O)c1cc(F)c2c(c1)CCN(C1CC3(CCCCN3C(=O)OC(C)(C)C)C1)C2. The zero-order valence-corrected chi connectivity index (χ0v) is 19.0. The number of amides is 1. The monoisotopic (exact) mass is 432 g/mol. The van der Waals surface area contributed by atoms with Crippen molar-refractivity contribution in [3.8, 4) is 0 Å². The van der Waals surface area contributed by atoms with Crippen molar-refractivity contribution < 1.29 is 23.5 Å². The van der Waals surface area contributed by atoms with Gasteiger partial charge in [-0.25, -0.2) is 14.0 Å². The van der Waals surface area contributed by atoms with E-state index < -0.39 is 11.6 Å². The van der Waals surface area contributed by atoms with E-state index in [9.17, 15) is 14.0 Å². The summed E-state index contributed by atoms with van der Waals surface area (Å²) in [5, 5.41) is 0. The molecule has 170 valence electrons. The van der Waals surface area contributed by atoms with Gasteiger partial charge in [0, 0.05) is 36.8 Å². The van der Waals surface area contributed by atoms with Crippen molar-refractivity contribution in [3.63, 3.8) is 0 Å². The van der Waals surface area contributed by atoms with Crippen LogP contribution in [-0.4, -0.2) is 59.2 Å². The predicted octanol–water partition coefficient (Wildman–Crippen LogP) is 4.29. The van der Waals surface area contributed by atoms with E-state index in [0.29, 0.717) is 24.6 Å². The lowest BCUT2D eigenvalue weighted by atomic mass is 9.66. The van der Waals surface area contributed by atoms with Gasteiger partial charge in [-0.15, -0.1) is 0 Å². The molecule has 1 amide bonds. The smallest absolute Gasteiger partial charge is 0.410 e. The number of methoxy groups -OCH3 is 1. The number of hydrogen-bond donors (Lipinski definition) is 0. The first-order valence-corrected chi connectivity index (χ1v) is 11.3. The second-order valence-electron chi connectivity index (χ2n) is 10.2. The van der Waals surface area contributed by atoms with Gasteiger partial charge in [0.1, 0.15) is 11.4 Å². The van der Waals surface area contributed by atoms with Gasteiger partial charge in [-0.2, -0.15) is 0 Å². The van der Waals surface area contributed by atoms with Gasteiger partial charge >= 0.3 is 12.1 Å². The number of carbonyl (C=O) groups is 2. The van der Waals surface area contributed by atoms with Gasteiger partial charge in [-0.3, -0.25) is 4.90 Å². The van der Waals surface area contributed by atoms with Gasteiger partial charge in [0.05, 0.1) is 12.7 Å². The summed E-state index contributed by atoms with van der Waals surface area (Å²) >= 11 is 0. The van der Waals surface area contributed by atoms with E-state index in [0.717, 1.165) is 50.8 Å². The minimum atomic E-state index is -0.510. The number of halogens is 1. The number of hydrogen-bond acceptors (Lipinski definition) is 5. The molecule has 2 aliphatic heterocycles. The Morgan fingerprint density at radius 3 is 2.58 bits per heavy atom. The lowest BCUT2D eigenvalue weighted by Gasteiger charge is -2.59. The molecule has 1 saturated heterocycles. The Morgan fingerprint density at radius 1 is 1.16 bits per heavy atom. The first-order valence-electron chi connectivity index (χ1n) is 11.3. The number of benzene rings is 1. The summed E-state index contributed by atoms with van der Waals surface area (Å²) in [5.41, 5.74) is 1.20. The topological polar surface area (TPSA) is 59.1 Å². The highest BCUT2D eigenvalue weighted by atomic mass is 19.1. The van der Waals surface area contributed by atoms with Gasteiger partial charge in [-0.1, -0.05) is 0 Å². The van der Waals surface area contributed by atoms with Gasteiger partial charge in [0.2, 0.25) is 0 Å². The third-order valence-electron chi connectivity index (χ3n) is 6.95. The van der Waals surface area contributed by atoms with E-state index in [2.05, 4.69) is 4.90 Å². The highest BCUT2D eigenvalue weighted by Gasteiger charge is 2.53. The van der Waals surface area contributed by atoms with E-state index in [1.807, 2.05) is 25.7 Å². The maximum absolute atomic E-state index is 14.8. The molecule has 0 radical (unpaired) electrons. The average Bonchev–Trinajstić information content (AvgIpc) is 2.69. The lowest BCUT2D eigenvalue weighted by molar-refractivity contribution is -0.0806. The van der Waals surface area contributed by atoms with Crippen LogP contribution in [0.2, 0.25) is 0 Å². The van der Waals surface area contributed by atoms with Gasteiger partial charge in [-0.05, 0) is 77.0 Å². The number of carbonyl (C=O) groups excluding carboxylic acids is 2. The molecule has 2 heterocycles. The molecule has 0 N–H and O–H groups in total. The molecule has 6 nitrogen and oxygen atoms in total. The summed E-state index contributed by atoms with van der Waals surface area (Å²) < 4.78 is 25.2. The van der Waals surface area contributed by atoms with Crippen LogP contribution >= 0.6 is 0 Å². The number of likely N-dealkylation sites (tertiary alicyclic amines) is 1. The molecular weight excluding hydrogens is 399 g/mol. The Kier molecular flexibility index (Phi) is 5.75. The summed E-state index contributed by atoms with van der Waals surface area (Å²) in [6.45, 7) is 7.80. The van der Waals surface area contributed by atoms with E-state index in [-0.39, 0.29) is 23.0 Å². The van der Waals surface area contributed by atoms with Crippen LogP contribution in [-0.2, 0) is 22.4 Å². The van der Waals surface area contributed by atoms with Crippen LogP contribution < -0.4 is 0 Å². The van der Waals surface area contributed by atoms with Gasteiger partial charge in [0.15, 0.2) is 0 Å². The summed E-state index contributed by atoms with van der Waals surface area (Å²) in [4.78, 5) is 28.9. The Morgan fingerprint density at radius 2 is 1.90 bits per heavy atom. The van der Waals surface area contributed by atoms with E-state index in [1.165, 1.54) is 13.2 Å². The second-order valence-corrected chi connectivity index (χ2v) is 10.2. The van der Waals surface area contributed by atoms with Crippen molar-refractivity contribution in [2.75, 3.05) is 20.2 Å². The summed E-state index contributed by atoms with van der Waals surface area (Å²) in [6.07, 6.45) is 5.44. The van der Waals surface area contributed by atoms with Crippen LogP contribution in [0.4, 0.5) is 9.18 Å². The molecule has 7 heteroatoms. The first-order chi connectivity index (χ1) is 14.6. The van der Waals surface area contributed by atoms with Gasteiger partial charge < -0.3 is 14.4 Å². The summed E-state index contributed by atoms with van der Waals surface area (Å²) in [5.74, 6) is -0.853. The minimum Gasteiger partial charge on any atom is -0.465 e. The van der Waals surface area contributed by atoms with Crippen molar-refractivity contribution in [1.29, 1.82) is 0 Å². The predicted molar refractivity (Wildman–Crippen MR) is 114 cm³/mol. The normalized spacial score (nSPS) is 26.2. The van der Waals surface area contributed by atoms with Crippen molar-refractivity contribution in [1.82, 2.24) is 9.80 Å². The minimum absolute atomic E-state index is 0.126. The maximum atomic E-state index is 14.8. The highest BCUT2D eigenvalue weighted by molar-refractivity contribution is 5.89. The first kappa shape index (κ1) is 22.1. The molecule has 1 saturated carbocycles. The third kappa shape index (κ3) is 4.29. The number of rotatable bonds is 2. The Hall–Kier alpha value is -2.15. The number of nitrogens with zero attached hydrogens (tertiary/aromatic N) is 2. The number of ether oxygens (including phenoxy) is 2. The molecule has 1 spiro atoms. The van der Waals surface area contributed by atoms with Crippen molar-refractivity contribution in [3.05, 3.63) is 34.6 Å². The number of fused-ring (bicyclic) bond motifs is 1. The van der Waals surface area contributed by atoms with E-state index in [1.54, 1.807) is 6.07 Å². The Labute approximate surface area is 183 Å². The van der Waals surface area contributed by atoms with Crippen LogP contribution in [0.3, 0.4) is 0 Å². The van der Waals surface area contributed by atoms with Crippen molar-refractivity contribution in [2.24, 2.45) is 0 Å². The van der Waals surface area contributed by atoms with Crippen LogP contribution in [0.15, 0.2) is 12.1 Å². The van der Waals surface area contributed by atoms with Crippen LogP contribution in [0.5, 0.6) is 0 Å². The maximum Gasteiger partial charge on any atom is 0.410 e. The lowest BCUT2D eigenvalue weighted by Crippen LogP contribution is -2.67. The molecule has 2 fully saturated rings. The summed E-state index contributed by atoms with van der Waals surface area (Å²) in [6, 6.07) is 3.37. The molecule has 0 unspecified atom stereocenters. The molecule has 1 aromatic rings. The van der Waals surface area contributed by atoms with Crippen LogP contribution in [0.25, 0.3) is 0 Å². The zero-order chi connectivity index (χ0) is 22.4. The highest BCUT2D eigenvalue weighted by Crippen LogP contribution is 2.48. The van der Waals surface area contributed by atoms with Gasteiger partial charge in [0.25, 0.3) is 0 Å². The standard InChI is InChI=1S/C24H33FN2O4/c1-23(2,3)31-22(29)27-9-6-5-8-24(27)13-18(14-24)26-10-7-16-11-17(21(28)30-4)12-20(25)19(16)15-26/h11-12,18H,5-10,13-15H2,1-4H3. The molecule has 3 aliphatic rings. The molecule has 0 atom stereocenters. The Bertz CT molecular complexity index is 873. The second kappa shape index (κ2) is 8.08. The quantitative estimate of drug-likeness (QED) is 0.653. The number of esters is 1. The fraction of sp³-hybridized carbons (Fsp3) is 0.667. The van der Waals surface area contributed by atoms with Crippen molar-refractivity contribution >= 4 is 12.1 Å². The van der Waals surface area contributed by atoms with Crippen LogP contribution in [0, 0.1) is 5.82 Å². The van der Waals surface area contributed by atoms with Crippen molar-refractivity contribution in [2.45, 2.75) is 83.0 Å².